The predicted molar refractivity (Wildman–Crippen MR) is 68.2 cm³/mol. The summed E-state index contributed by atoms with van der Waals surface area (Å²) >= 11 is 17.7. The molecule has 0 saturated heterocycles. The number of carbonyl (C=O) groups excluding carboxylic acids is 1. The zero-order chi connectivity index (χ0) is 13.0. The van der Waals surface area contributed by atoms with E-state index in [0.29, 0.717) is 15.6 Å². The molecule has 0 aliphatic carbocycles. The first kappa shape index (κ1) is 14.5. The number of rotatable bonds is 5. The standard InChI is InChI=1S/C10H11Cl3N2O2/c1-5(15-17-4-8(14)16)6-2-3-7(11)10(13)9(6)12/h2-3,5,15H,4H2,1H3,(H2,14,16). The predicted octanol–water partition coefficient (Wildman–Crippen LogP) is 2.71. The fourth-order valence-corrected chi connectivity index (χ4v) is 1.88. The van der Waals surface area contributed by atoms with Crippen LogP contribution in [0.3, 0.4) is 0 Å². The van der Waals surface area contributed by atoms with Gasteiger partial charge < -0.3 is 5.73 Å². The molecule has 0 heterocycles. The molecule has 1 aromatic rings. The molecule has 1 atom stereocenters. The molecule has 4 nitrogen and oxygen atoms in total. The lowest BCUT2D eigenvalue weighted by atomic mass is 10.1. The van der Waals surface area contributed by atoms with E-state index in [1.807, 2.05) is 0 Å². The number of nitrogens with two attached hydrogens (primary N) is 1. The van der Waals surface area contributed by atoms with Crippen molar-refractivity contribution in [3.8, 4) is 0 Å². The Morgan fingerprint density at radius 1 is 1.41 bits per heavy atom. The van der Waals surface area contributed by atoms with Crippen LogP contribution in [0.25, 0.3) is 0 Å². The molecular formula is C10H11Cl3N2O2. The van der Waals surface area contributed by atoms with E-state index in [2.05, 4.69) is 5.48 Å². The van der Waals surface area contributed by atoms with Crippen LogP contribution in [0.1, 0.15) is 18.5 Å². The number of amides is 1. The highest BCUT2D eigenvalue weighted by molar-refractivity contribution is 6.48. The Bertz CT molecular complexity index is 426. The third kappa shape index (κ3) is 4.01. The first-order valence-electron chi connectivity index (χ1n) is 4.72. The molecule has 0 saturated carbocycles. The topological polar surface area (TPSA) is 64.3 Å². The lowest BCUT2D eigenvalue weighted by molar-refractivity contribution is -0.126. The zero-order valence-electron chi connectivity index (χ0n) is 8.97. The molecule has 3 N–H and O–H groups in total. The van der Waals surface area contributed by atoms with Gasteiger partial charge in [-0.15, -0.1) is 0 Å². The zero-order valence-corrected chi connectivity index (χ0v) is 11.2. The van der Waals surface area contributed by atoms with E-state index in [1.165, 1.54) is 0 Å². The summed E-state index contributed by atoms with van der Waals surface area (Å²) in [6.45, 7) is 1.58. The van der Waals surface area contributed by atoms with E-state index in [4.69, 9.17) is 45.4 Å². The average molecular weight is 298 g/mol. The molecule has 1 rings (SSSR count). The molecule has 0 aliphatic rings. The summed E-state index contributed by atoms with van der Waals surface area (Å²) in [7, 11) is 0. The highest BCUT2D eigenvalue weighted by Crippen LogP contribution is 2.35. The molecule has 17 heavy (non-hydrogen) atoms. The second-order valence-electron chi connectivity index (χ2n) is 3.36. The maximum atomic E-state index is 10.5. The van der Waals surface area contributed by atoms with Crippen LogP contribution in [0.4, 0.5) is 0 Å². The van der Waals surface area contributed by atoms with Gasteiger partial charge in [-0.05, 0) is 18.6 Å². The van der Waals surface area contributed by atoms with Crippen molar-refractivity contribution in [1.82, 2.24) is 5.48 Å². The number of carbonyl (C=O) groups is 1. The van der Waals surface area contributed by atoms with Crippen LogP contribution in [0.5, 0.6) is 0 Å². The molecule has 0 spiro atoms. The molecule has 0 aliphatic heterocycles. The van der Waals surface area contributed by atoms with Gasteiger partial charge in [-0.25, -0.2) is 0 Å². The van der Waals surface area contributed by atoms with Crippen LogP contribution in [-0.2, 0) is 9.63 Å². The highest BCUT2D eigenvalue weighted by Gasteiger charge is 2.14. The first-order valence-corrected chi connectivity index (χ1v) is 5.86. The van der Waals surface area contributed by atoms with Crippen molar-refractivity contribution in [1.29, 1.82) is 0 Å². The van der Waals surface area contributed by atoms with Crippen LogP contribution >= 0.6 is 34.8 Å². The molecule has 1 aromatic carbocycles. The van der Waals surface area contributed by atoms with Crippen LogP contribution in [0, 0.1) is 0 Å². The van der Waals surface area contributed by atoms with E-state index in [1.54, 1.807) is 19.1 Å². The Kier molecular flexibility index (Phi) is 5.49. The third-order valence-corrected chi connectivity index (χ3v) is 3.31. The van der Waals surface area contributed by atoms with Gasteiger partial charge in [0.2, 0.25) is 5.91 Å². The smallest absolute Gasteiger partial charge is 0.245 e. The van der Waals surface area contributed by atoms with Gasteiger partial charge in [0, 0.05) is 0 Å². The summed E-state index contributed by atoms with van der Waals surface area (Å²) in [5.41, 5.74) is 8.27. The Morgan fingerprint density at radius 2 is 2.06 bits per heavy atom. The van der Waals surface area contributed by atoms with Gasteiger partial charge in [0.05, 0.1) is 21.1 Å². The van der Waals surface area contributed by atoms with E-state index in [0.717, 1.165) is 0 Å². The van der Waals surface area contributed by atoms with Crippen molar-refractivity contribution in [3.05, 3.63) is 32.8 Å². The van der Waals surface area contributed by atoms with Crippen LogP contribution in [0.2, 0.25) is 15.1 Å². The van der Waals surface area contributed by atoms with Gasteiger partial charge in [-0.1, -0.05) is 40.9 Å². The summed E-state index contributed by atoms with van der Waals surface area (Å²) in [6, 6.07) is 3.11. The summed E-state index contributed by atoms with van der Waals surface area (Å²) < 4.78 is 0. The van der Waals surface area contributed by atoms with E-state index >= 15 is 0 Å². The molecule has 0 aromatic heterocycles. The number of benzene rings is 1. The first-order chi connectivity index (χ1) is 7.93. The normalized spacial score (nSPS) is 12.5. The third-order valence-electron chi connectivity index (χ3n) is 2.01. The van der Waals surface area contributed by atoms with Crippen molar-refractivity contribution in [3.63, 3.8) is 0 Å². The summed E-state index contributed by atoms with van der Waals surface area (Å²) in [5.74, 6) is -0.565. The Balaban J connectivity index is 2.72. The summed E-state index contributed by atoms with van der Waals surface area (Å²) in [5, 5.41) is 1.02. The van der Waals surface area contributed by atoms with Crippen molar-refractivity contribution in [2.24, 2.45) is 5.73 Å². The Labute approximate surface area is 114 Å². The molecule has 0 radical (unpaired) electrons. The number of hydrogen-bond donors (Lipinski definition) is 2. The van der Waals surface area contributed by atoms with Crippen molar-refractivity contribution in [2.75, 3.05) is 6.61 Å². The fourth-order valence-electron chi connectivity index (χ4n) is 1.18. The minimum absolute atomic E-state index is 0.219. The van der Waals surface area contributed by atoms with Crippen LogP contribution < -0.4 is 11.2 Å². The van der Waals surface area contributed by atoms with Crippen LogP contribution in [-0.4, -0.2) is 12.5 Å². The number of halogens is 3. The number of nitrogens with one attached hydrogen (secondary N) is 1. The Hall–Kier alpha value is -0.520. The van der Waals surface area contributed by atoms with Gasteiger partial charge >= 0.3 is 0 Å². The van der Waals surface area contributed by atoms with Gasteiger partial charge in [0.25, 0.3) is 0 Å². The maximum absolute atomic E-state index is 10.5. The van der Waals surface area contributed by atoms with Crippen molar-refractivity contribution < 1.29 is 9.63 Å². The van der Waals surface area contributed by atoms with E-state index in [9.17, 15) is 4.79 Å². The molecule has 0 bridgehead atoms. The van der Waals surface area contributed by atoms with E-state index in [-0.39, 0.29) is 17.7 Å². The minimum Gasteiger partial charge on any atom is -0.368 e. The second kappa shape index (κ2) is 6.42. The van der Waals surface area contributed by atoms with E-state index < -0.39 is 5.91 Å². The summed E-state index contributed by atoms with van der Waals surface area (Å²) in [6.07, 6.45) is 0. The largest absolute Gasteiger partial charge is 0.368 e. The van der Waals surface area contributed by atoms with Gasteiger partial charge in [0.1, 0.15) is 6.61 Å². The molecule has 1 amide bonds. The lowest BCUT2D eigenvalue weighted by Gasteiger charge is -2.16. The molecule has 1 unspecified atom stereocenters. The highest BCUT2D eigenvalue weighted by atomic mass is 35.5. The van der Waals surface area contributed by atoms with Crippen molar-refractivity contribution >= 4 is 40.7 Å². The average Bonchev–Trinajstić information content (AvgIpc) is 2.25. The van der Waals surface area contributed by atoms with Gasteiger partial charge in [-0.3, -0.25) is 9.63 Å². The molecule has 7 heteroatoms. The molecule has 94 valence electrons. The molecule has 0 fully saturated rings. The number of hydroxylamine groups is 1. The summed E-state index contributed by atoms with van der Waals surface area (Å²) in [4.78, 5) is 15.4. The monoisotopic (exact) mass is 296 g/mol. The maximum Gasteiger partial charge on any atom is 0.245 e. The van der Waals surface area contributed by atoms with Crippen LogP contribution in [0.15, 0.2) is 12.1 Å². The minimum atomic E-state index is -0.565. The van der Waals surface area contributed by atoms with Gasteiger partial charge in [0.15, 0.2) is 0 Å². The quantitative estimate of drug-likeness (QED) is 0.649. The van der Waals surface area contributed by atoms with Crippen molar-refractivity contribution in [2.45, 2.75) is 13.0 Å². The number of primary amides is 1. The fraction of sp³-hybridized carbons (Fsp3) is 0.300. The lowest BCUT2D eigenvalue weighted by Crippen LogP contribution is -2.26. The second-order valence-corrected chi connectivity index (χ2v) is 4.52. The Morgan fingerprint density at radius 3 is 2.65 bits per heavy atom. The number of hydrogen-bond acceptors (Lipinski definition) is 3. The van der Waals surface area contributed by atoms with Gasteiger partial charge in [-0.2, -0.15) is 5.48 Å². The SMILES string of the molecule is CC(NOCC(N)=O)c1ccc(Cl)c(Cl)c1Cl. The molecular weight excluding hydrogens is 286 g/mol.